The molecule has 0 atom stereocenters. The number of ether oxygens (including phenoxy) is 3. The van der Waals surface area contributed by atoms with E-state index in [1.807, 2.05) is 19.1 Å². The Morgan fingerprint density at radius 3 is 2.79 bits per heavy atom. The van der Waals surface area contributed by atoms with Crippen LogP contribution in [0.4, 0.5) is 0 Å². The van der Waals surface area contributed by atoms with Crippen LogP contribution >= 0.6 is 0 Å². The lowest BCUT2D eigenvalue weighted by Crippen LogP contribution is -2.26. The monoisotopic (exact) mass is 264 g/mol. The van der Waals surface area contributed by atoms with Crippen molar-refractivity contribution in [2.24, 2.45) is 0 Å². The Morgan fingerprint density at radius 1 is 1.37 bits per heavy atom. The van der Waals surface area contributed by atoms with Crippen LogP contribution in [0.2, 0.25) is 0 Å². The number of rotatable bonds is 5. The number of carbonyl (C=O) groups is 1. The Hall–Kier alpha value is -1.39. The van der Waals surface area contributed by atoms with Gasteiger partial charge in [0, 0.05) is 13.2 Å². The second-order valence-electron chi connectivity index (χ2n) is 4.75. The molecule has 1 aromatic carbocycles. The summed E-state index contributed by atoms with van der Waals surface area (Å²) in [5, 5.41) is 0. The number of hydrogen-bond acceptors (Lipinski definition) is 4. The van der Waals surface area contributed by atoms with Crippen molar-refractivity contribution in [1.82, 2.24) is 0 Å². The SMILES string of the molecule is COc1cc(C)ccc1C(=O)COC1CCOCC1. The maximum absolute atomic E-state index is 12.1. The van der Waals surface area contributed by atoms with Gasteiger partial charge in [-0.3, -0.25) is 4.79 Å². The van der Waals surface area contributed by atoms with Crippen LogP contribution in [0.3, 0.4) is 0 Å². The number of benzene rings is 1. The van der Waals surface area contributed by atoms with Crippen LogP contribution in [0.15, 0.2) is 18.2 Å². The maximum Gasteiger partial charge on any atom is 0.192 e. The summed E-state index contributed by atoms with van der Waals surface area (Å²) in [5.41, 5.74) is 1.65. The molecule has 0 unspecified atom stereocenters. The fourth-order valence-electron chi connectivity index (χ4n) is 2.14. The van der Waals surface area contributed by atoms with E-state index in [0.717, 1.165) is 18.4 Å². The van der Waals surface area contributed by atoms with Crippen LogP contribution < -0.4 is 4.74 Å². The second-order valence-corrected chi connectivity index (χ2v) is 4.75. The molecular formula is C15H20O4. The fourth-order valence-corrected chi connectivity index (χ4v) is 2.14. The summed E-state index contributed by atoms with van der Waals surface area (Å²) >= 11 is 0. The number of aryl methyl sites for hydroxylation is 1. The Kier molecular flexibility index (Phi) is 4.93. The van der Waals surface area contributed by atoms with E-state index >= 15 is 0 Å². The molecule has 0 bridgehead atoms. The van der Waals surface area contributed by atoms with Crippen molar-refractivity contribution in [3.8, 4) is 5.75 Å². The van der Waals surface area contributed by atoms with Crippen molar-refractivity contribution in [2.75, 3.05) is 26.9 Å². The largest absolute Gasteiger partial charge is 0.496 e. The van der Waals surface area contributed by atoms with Crippen LogP contribution in [0, 0.1) is 6.92 Å². The van der Waals surface area contributed by atoms with Crippen molar-refractivity contribution in [2.45, 2.75) is 25.9 Å². The van der Waals surface area contributed by atoms with Gasteiger partial charge in [-0.1, -0.05) is 6.07 Å². The van der Waals surface area contributed by atoms with E-state index in [2.05, 4.69) is 0 Å². The van der Waals surface area contributed by atoms with Gasteiger partial charge in [0.05, 0.1) is 18.8 Å². The summed E-state index contributed by atoms with van der Waals surface area (Å²) in [4.78, 5) is 12.1. The standard InChI is InChI=1S/C15H20O4/c1-11-3-4-13(15(9-11)17-2)14(16)10-19-12-5-7-18-8-6-12/h3-4,9,12H,5-8,10H2,1-2H3. The number of ketones is 1. The van der Waals surface area contributed by atoms with Gasteiger partial charge in [0.15, 0.2) is 5.78 Å². The molecule has 1 aromatic rings. The van der Waals surface area contributed by atoms with Gasteiger partial charge in [-0.2, -0.15) is 0 Å². The van der Waals surface area contributed by atoms with Crippen molar-refractivity contribution in [3.63, 3.8) is 0 Å². The molecule has 1 saturated heterocycles. The highest BCUT2D eigenvalue weighted by atomic mass is 16.5. The predicted octanol–water partition coefficient (Wildman–Crippen LogP) is 2.38. The molecule has 19 heavy (non-hydrogen) atoms. The number of methoxy groups -OCH3 is 1. The lowest BCUT2D eigenvalue weighted by molar-refractivity contribution is -0.0262. The molecule has 0 amide bonds. The predicted molar refractivity (Wildman–Crippen MR) is 71.9 cm³/mol. The normalized spacial score (nSPS) is 16.3. The average molecular weight is 264 g/mol. The molecule has 104 valence electrons. The zero-order valence-corrected chi connectivity index (χ0v) is 11.5. The van der Waals surface area contributed by atoms with Gasteiger partial charge in [0.1, 0.15) is 12.4 Å². The first-order chi connectivity index (χ1) is 9.20. The van der Waals surface area contributed by atoms with E-state index in [9.17, 15) is 4.79 Å². The summed E-state index contributed by atoms with van der Waals surface area (Å²) in [6.07, 6.45) is 1.85. The minimum absolute atomic E-state index is 0.0386. The Bertz CT molecular complexity index is 436. The van der Waals surface area contributed by atoms with E-state index in [0.29, 0.717) is 24.5 Å². The summed E-state index contributed by atoms with van der Waals surface area (Å²) in [6, 6.07) is 5.57. The molecule has 0 spiro atoms. The van der Waals surface area contributed by atoms with Crippen molar-refractivity contribution < 1.29 is 19.0 Å². The molecule has 0 aromatic heterocycles. The third kappa shape index (κ3) is 3.78. The zero-order chi connectivity index (χ0) is 13.7. The molecule has 0 saturated carbocycles. The van der Waals surface area contributed by atoms with E-state index in [-0.39, 0.29) is 18.5 Å². The van der Waals surface area contributed by atoms with Gasteiger partial charge in [-0.25, -0.2) is 0 Å². The van der Waals surface area contributed by atoms with Gasteiger partial charge in [-0.15, -0.1) is 0 Å². The summed E-state index contributed by atoms with van der Waals surface area (Å²) in [6.45, 7) is 3.50. The zero-order valence-electron chi connectivity index (χ0n) is 11.5. The minimum Gasteiger partial charge on any atom is -0.496 e. The third-order valence-electron chi connectivity index (χ3n) is 3.28. The molecule has 0 N–H and O–H groups in total. The van der Waals surface area contributed by atoms with E-state index in [1.54, 1.807) is 13.2 Å². The third-order valence-corrected chi connectivity index (χ3v) is 3.28. The first-order valence-electron chi connectivity index (χ1n) is 6.58. The van der Waals surface area contributed by atoms with Gasteiger partial charge in [-0.05, 0) is 37.5 Å². The highest BCUT2D eigenvalue weighted by molar-refractivity contribution is 5.99. The van der Waals surface area contributed by atoms with Crippen molar-refractivity contribution >= 4 is 5.78 Å². The van der Waals surface area contributed by atoms with Gasteiger partial charge < -0.3 is 14.2 Å². The molecule has 0 radical (unpaired) electrons. The maximum atomic E-state index is 12.1. The molecule has 1 fully saturated rings. The van der Waals surface area contributed by atoms with Gasteiger partial charge >= 0.3 is 0 Å². The van der Waals surface area contributed by atoms with Crippen LogP contribution in [0.1, 0.15) is 28.8 Å². The van der Waals surface area contributed by atoms with Crippen molar-refractivity contribution in [1.29, 1.82) is 0 Å². The average Bonchev–Trinajstić information content (AvgIpc) is 2.45. The molecular weight excluding hydrogens is 244 g/mol. The van der Waals surface area contributed by atoms with Crippen LogP contribution in [0.25, 0.3) is 0 Å². The molecule has 2 rings (SSSR count). The molecule has 4 heteroatoms. The Morgan fingerprint density at radius 2 is 2.11 bits per heavy atom. The molecule has 1 aliphatic rings. The quantitative estimate of drug-likeness (QED) is 0.766. The highest BCUT2D eigenvalue weighted by Gasteiger charge is 2.18. The Balaban J connectivity index is 1.95. The second kappa shape index (κ2) is 6.68. The highest BCUT2D eigenvalue weighted by Crippen LogP contribution is 2.21. The smallest absolute Gasteiger partial charge is 0.192 e. The Labute approximate surface area is 113 Å². The van der Waals surface area contributed by atoms with Gasteiger partial charge in [0.2, 0.25) is 0 Å². The van der Waals surface area contributed by atoms with Crippen LogP contribution in [-0.4, -0.2) is 38.8 Å². The number of Topliss-reactive ketones (excluding diaryl/α,β-unsaturated/α-hetero) is 1. The molecule has 0 aliphatic carbocycles. The van der Waals surface area contributed by atoms with Crippen LogP contribution in [-0.2, 0) is 9.47 Å². The minimum atomic E-state index is -0.0386. The van der Waals surface area contributed by atoms with Crippen LogP contribution in [0.5, 0.6) is 5.75 Å². The summed E-state index contributed by atoms with van der Waals surface area (Å²) < 4.78 is 16.1. The summed E-state index contributed by atoms with van der Waals surface area (Å²) in [5.74, 6) is 0.573. The topological polar surface area (TPSA) is 44.8 Å². The van der Waals surface area contributed by atoms with E-state index in [4.69, 9.17) is 14.2 Å². The molecule has 4 nitrogen and oxygen atoms in total. The molecule has 1 heterocycles. The first kappa shape index (κ1) is 14.0. The van der Waals surface area contributed by atoms with E-state index < -0.39 is 0 Å². The number of hydrogen-bond donors (Lipinski definition) is 0. The summed E-state index contributed by atoms with van der Waals surface area (Å²) in [7, 11) is 1.57. The molecule has 1 aliphatic heterocycles. The van der Waals surface area contributed by atoms with E-state index in [1.165, 1.54) is 0 Å². The lowest BCUT2D eigenvalue weighted by atomic mass is 10.1. The number of carbonyl (C=O) groups excluding carboxylic acids is 1. The first-order valence-corrected chi connectivity index (χ1v) is 6.58. The van der Waals surface area contributed by atoms with Crippen molar-refractivity contribution in [3.05, 3.63) is 29.3 Å². The van der Waals surface area contributed by atoms with Gasteiger partial charge in [0.25, 0.3) is 0 Å². The fraction of sp³-hybridized carbons (Fsp3) is 0.533. The lowest BCUT2D eigenvalue weighted by Gasteiger charge is -2.22.